The molecule has 0 aromatic carbocycles. The molecule has 84 valence electrons. The van der Waals surface area contributed by atoms with Crippen LogP contribution >= 0.6 is 0 Å². The maximum Gasteiger partial charge on any atom is 0.240 e. The number of nitrogens with zero attached hydrogens (tertiary/aromatic N) is 1. The van der Waals surface area contributed by atoms with E-state index in [1.54, 1.807) is 6.92 Å². The quantitative estimate of drug-likeness (QED) is 0.515. The van der Waals surface area contributed by atoms with Crippen LogP contribution in [0.4, 0.5) is 0 Å². The van der Waals surface area contributed by atoms with Crippen molar-refractivity contribution in [3.63, 3.8) is 0 Å². The molecule has 0 saturated carbocycles. The molecule has 1 fully saturated rings. The van der Waals surface area contributed by atoms with Crippen LogP contribution in [0.1, 0.15) is 33.6 Å². The smallest absolute Gasteiger partial charge is 0.240 e. The molecule has 2 amide bonds. The van der Waals surface area contributed by atoms with Crippen LogP contribution in [0.5, 0.6) is 0 Å². The van der Waals surface area contributed by atoms with Gasteiger partial charge in [-0.3, -0.25) is 19.3 Å². The number of rotatable bonds is 4. The van der Waals surface area contributed by atoms with Gasteiger partial charge in [-0.15, -0.1) is 0 Å². The number of carbonyl (C=O) groups excluding carboxylic acids is 3. The normalized spacial score (nSPS) is 21.6. The summed E-state index contributed by atoms with van der Waals surface area (Å²) in [6.07, 6.45) is 0.444. The zero-order valence-corrected chi connectivity index (χ0v) is 9.45. The van der Waals surface area contributed by atoms with E-state index in [0.29, 0.717) is 13.0 Å². The first-order chi connectivity index (χ1) is 6.97. The minimum atomic E-state index is -0.708. The standard InChI is InChI=1S/C11H17NO3/c1-4-12-10(14)6-8(11(12)15)9(13)5-7(2)3/h7-8H,4-6H2,1-3H3. The fourth-order valence-electron chi connectivity index (χ4n) is 1.81. The Morgan fingerprint density at radius 1 is 1.47 bits per heavy atom. The molecular formula is C11H17NO3. The van der Waals surface area contributed by atoms with Gasteiger partial charge < -0.3 is 0 Å². The Kier molecular flexibility index (Phi) is 3.61. The van der Waals surface area contributed by atoms with E-state index in [2.05, 4.69) is 0 Å². The van der Waals surface area contributed by atoms with Gasteiger partial charge in [0.05, 0.1) is 0 Å². The number of amides is 2. The Morgan fingerprint density at radius 3 is 2.47 bits per heavy atom. The predicted molar refractivity (Wildman–Crippen MR) is 55.0 cm³/mol. The zero-order valence-electron chi connectivity index (χ0n) is 9.45. The first-order valence-corrected chi connectivity index (χ1v) is 5.34. The topological polar surface area (TPSA) is 54.5 Å². The van der Waals surface area contributed by atoms with Gasteiger partial charge in [0.25, 0.3) is 0 Å². The molecule has 1 atom stereocenters. The Hall–Kier alpha value is -1.19. The van der Waals surface area contributed by atoms with Crippen molar-refractivity contribution in [3.8, 4) is 0 Å². The van der Waals surface area contributed by atoms with Gasteiger partial charge >= 0.3 is 0 Å². The van der Waals surface area contributed by atoms with E-state index in [1.165, 1.54) is 4.90 Å². The summed E-state index contributed by atoms with van der Waals surface area (Å²) in [7, 11) is 0. The third-order valence-corrected chi connectivity index (χ3v) is 2.56. The highest BCUT2D eigenvalue weighted by atomic mass is 16.2. The largest absolute Gasteiger partial charge is 0.299 e. The van der Waals surface area contributed by atoms with E-state index in [0.717, 1.165) is 0 Å². The second-order valence-corrected chi connectivity index (χ2v) is 4.30. The molecule has 0 aromatic heterocycles. The molecule has 1 aliphatic heterocycles. The summed E-state index contributed by atoms with van der Waals surface area (Å²) in [5.74, 6) is -1.10. The number of likely N-dealkylation sites (tertiary alicyclic amines) is 1. The van der Waals surface area contributed by atoms with E-state index in [9.17, 15) is 14.4 Å². The summed E-state index contributed by atoms with van der Waals surface area (Å²) in [5, 5.41) is 0. The van der Waals surface area contributed by atoms with Crippen LogP contribution in [0.25, 0.3) is 0 Å². The molecule has 1 rings (SSSR count). The van der Waals surface area contributed by atoms with Crippen molar-refractivity contribution in [2.24, 2.45) is 11.8 Å². The third-order valence-electron chi connectivity index (χ3n) is 2.56. The fraction of sp³-hybridized carbons (Fsp3) is 0.727. The lowest BCUT2D eigenvalue weighted by molar-refractivity contribution is -0.140. The lowest BCUT2D eigenvalue weighted by Crippen LogP contribution is -2.32. The van der Waals surface area contributed by atoms with Crippen molar-refractivity contribution in [2.45, 2.75) is 33.6 Å². The molecule has 0 bridgehead atoms. The van der Waals surface area contributed by atoms with Gasteiger partial charge in [0.15, 0.2) is 0 Å². The first kappa shape index (κ1) is 11.9. The molecule has 0 N–H and O–H groups in total. The summed E-state index contributed by atoms with van der Waals surface area (Å²) < 4.78 is 0. The van der Waals surface area contributed by atoms with Crippen molar-refractivity contribution < 1.29 is 14.4 Å². The molecule has 0 aliphatic carbocycles. The molecule has 0 radical (unpaired) electrons. The monoisotopic (exact) mass is 211 g/mol. The van der Waals surface area contributed by atoms with Crippen LogP contribution in [0.2, 0.25) is 0 Å². The maximum atomic E-state index is 11.7. The van der Waals surface area contributed by atoms with Gasteiger partial charge in [-0.1, -0.05) is 13.8 Å². The molecule has 1 heterocycles. The molecular weight excluding hydrogens is 194 g/mol. The molecule has 1 saturated heterocycles. The van der Waals surface area contributed by atoms with E-state index >= 15 is 0 Å². The predicted octanol–water partition coefficient (Wildman–Crippen LogP) is 0.997. The van der Waals surface area contributed by atoms with E-state index < -0.39 is 5.92 Å². The molecule has 15 heavy (non-hydrogen) atoms. The molecule has 4 heteroatoms. The van der Waals surface area contributed by atoms with Gasteiger partial charge in [-0.2, -0.15) is 0 Å². The zero-order chi connectivity index (χ0) is 11.6. The van der Waals surface area contributed by atoms with Gasteiger partial charge in [-0.25, -0.2) is 0 Å². The van der Waals surface area contributed by atoms with Gasteiger partial charge in [0.2, 0.25) is 11.8 Å². The highest BCUT2D eigenvalue weighted by Gasteiger charge is 2.41. The van der Waals surface area contributed by atoms with Crippen LogP contribution < -0.4 is 0 Å². The molecule has 0 spiro atoms. The number of Topliss-reactive ketones (excluding diaryl/α,β-unsaturated/α-hetero) is 1. The summed E-state index contributed by atoms with van der Waals surface area (Å²) >= 11 is 0. The Morgan fingerprint density at radius 2 is 2.07 bits per heavy atom. The molecule has 0 aromatic rings. The maximum absolute atomic E-state index is 11.7. The van der Waals surface area contributed by atoms with Crippen molar-refractivity contribution in [1.29, 1.82) is 0 Å². The highest BCUT2D eigenvalue weighted by Crippen LogP contribution is 2.22. The Bertz CT molecular complexity index is 296. The summed E-state index contributed by atoms with van der Waals surface area (Å²) in [6.45, 7) is 5.96. The van der Waals surface area contributed by atoms with Gasteiger partial charge in [0.1, 0.15) is 11.7 Å². The highest BCUT2D eigenvalue weighted by molar-refractivity contribution is 6.14. The van der Waals surface area contributed by atoms with Crippen LogP contribution in [-0.2, 0) is 14.4 Å². The van der Waals surface area contributed by atoms with E-state index in [-0.39, 0.29) is 29.9 Å². The number of carbonyl (C=O) groups is 3. The van der Waals surface area contributed by atoms with Crippen LogP contribution in [-0.4, -0.2) is 29.0 Å². The Balaban J connectivity index is 2.70. The summed E-state index contributed by atoms with van der Waals surface area (Å²) in [4.78, 5) is 35.9. The minimum absolute atomic E-state index is 0.0677. The third kappa shape index (κ3) is 2.43. The second kappa shape index (κ2) is 4.55. The number of hydrogen-bond acceptors (Lipinski definition) is 3. The average molecular weight is 211 g/mol. The lowest BCUT2D eigenvalue weighted by atomic mass is 9.95. The molecule has 1 unspecified atom stereocenters. The van der Waals surface area contributed by atoms with Crippen molar-refractivity contribution in [2.75, 3.05) is 6.54 Å². The van der Waals surface area contributed by atoms with Crippen LogP contribution in [0.3, 0.4) is 0 Å². The van der Waals surface area contributed by atoms with E-state index in [1.807, 2.05) is 13.8 Å². The average Bonchev–Trinajstić information content (AvgIpc) is 2.40. The van der Waals surface area contributed by atoms with Crippen molar-refractivity contribution in [3.05, 3.63) is 0 Å². The van der Waals surface area contributed by atoms with Crippen molar-refractivity contribution in [1.82, 2.24) is 4.90 Å². The lowest BCUT2D eigenvalue weighted by Gasteiger charge is -2.11. The Labute approximate surface area is 89.6 Å². The fourth-order valence-corrected chi connectivity index (χ4v) is 1.81. The van der Waals surface area contributed by atoms with Crippen LogP contribution in [0.15, 0.2) is 0 Å². The summed E-state index contributed by atoms with van der Waals surface area (Å²) in [6, 6.07) is 0. The number of hydrogen-bond donors (Lipinski definition) is 0. The first-order valence-electron chi connectivity index (χ1n) is 5.34. The second-order valence-electron chi connectivity index (χ2n) is 4.30. The van der Waals surface area contributed by atoms with Crippen LogP contribution in [0, 0.1) is 11.8 Å². The minimum Gasteiger partial charge on any atom is -0.299 e. The number of imide groups is 1. The van der Waals surface area contributed by atoms with Gasteiger partial charge in [-0.05, 0) is 12.8 Å². The number of ketones is 1. The molecule has 1 aliphatic rings. The van der Waals surface area contributed by atoms with E-state index in [4.69, 9.17) is 0 Å². The SMILES string of the molecule is CCN1C(=O)CC(C(=O)CC(C)C)C1=O. The summed E-state index contributed by atoms with van der Waals surface area (Å²) in [5.41, 5.74) is 0. The molecule has 4 nitrogen and oxygen atoms in total. The van der Waals surface area contributed by atoms with Crippen molar-refractivity contribution >= 4 is 17.6 Å². The van der Waals surface area contributed by atoms with Gasteiger partial charge in [0, 0.05) is 19.4 Å².